The first-order chi connectivity index (χ1) is 10.8. The Morgan fingerprint density at radius 1 is 1.18 bits per heavy atom. The highest BCUT2D eigenvalue weighted by Crippen LogP contribution is 2.44. The van der Waals surface area contributed by atoms with Gasteiger partial charge in [0.05, 0.1) is 0 Å². The lowest BCUT2D eigenvalue weighted by atomic mass is 9.91. The third-order valence-electron chi connectivity index (χ3n) is 5.80. The SMILES string of the molecule is O=C(COc1cccc2c1CCCC2)N[C@@H]1C[C@@H]2CC[C@@H]1C2. The lowest BCUT2D eigenvalue weighted by Gasteiger charge is -2.23. The van der Waals surface area contributed by atoms with Crippen molar-refractivity contribution in [3.63, 3.8) is 0 Å². The Labute approximate surface area is 132 Å². The summed E-state index contributed by atoms with van der Waals surface area (Å²) in [5, 5.41) is 3.20. The summed E-state index contributed by atoms with van der Waals surface area (Å²) >= 11 is 0. The molecule has 22 heavy (non-hydrogen) atoms. The van der Waals surface area contributed by atoms with Crippen LogP contribution in [0.25, 0.3) is 0 Å². The molecule has 2 saturated carbocycles. The molecular formula is C19H25NO2. The third kappa shape index (κ3) is 2.73. The number of carbonyl (C=O) groups excluding carboxylic acids is 1. The zero-order valence-electron chi connectivity index (χ0n) is 13.1. The molecule has 3 atom stereocenters. The molecule has 0 aliphatic heterocycles. The summed E-state index contributed by atoms with van der Waals surface area (Å²) in [5.41, 5.74) is 2.72. The summed E-state index contributed by atoms with van der Waals surface area (Å²) in [6.07, 6.45) is 9.87. The largest absolute Gasteiger partial charge is 0.483 e. The molecule has 0 spiro atoms. The molecular weight excluding hydrogens is 274 g/mol. The van der Waals surface area contributed by atoms with Crippen molar-refractivity contribution in [1.29, 1.82) is 0 Å². The van der Waals surface area contributed by atoms with E-state index in [1.54, 1.807) is 0 Å². The Hall–Kier alpha value is -1.51. The van der Waals surface area contributed by atoms with E-state index in [-0.39, 0.29) is 12.5 Å². The Morgan fingerprint density at radius 2 is 2.09 bits per heavy atom. The van der Waals surface area contributed by atoms with Gasteiger partial charge in [0.1, 0.15) is 5.75 Å². The third-order valence-corrected chi connectivity index (χ3v) is 5.80. The number of hydrogen-bond acceptors (Lipinski definition) is 2. The van der Waals surface area contributed by atoms with Gasteiger partial charge in [-0.1, -0.05) is 18.6 Å². The Kier molecular flexibility index (Phi) is 3.81. The van der Waals surface area contributed by atoms with E-state index in [9.17, 15) is 4.79 Å². The van der Waals surface area contributed by atoms with Crippen molar-refractivity contribution in [2.24, 2.45) is 11.8 Å². The van der Waals surface area contributed by atoms with Crippen LogP contribution in [-0.2, 0) is 17.6 Å². The number of amides is 1. The van der Waals surface area contributed by atoms with Crippen LogP contribution in [0.3, 0.4) is 0 Å². The number of nitrogens with one attached hydrogen (secondary N) is 1. The van der Waals surface area contributed by atoms with Crippen LogP contribution in [0.1, 0.15) is 49.7 Å². The monoisotopic (exact) mass is 299 g/mol. The Bertz CT molecular complexity index is 569. The molecule has 3 aliphatic carbocycles. The van der Waals surface area contributed by atoms with Crippen molar-refractivity contribution in [3.05, 3.63) is 29.3 Å². The van der Waals surface area contributed by atoms with Crippen LogP contribution in [0.15, 0.2) is 18.2 Å². The molecule has 1 aromatic carbocycles. The molecule has 2 fully saturated rings. The summed E-state index contributed by atoms with van der Waals surface area (Å²) in [7, 11) is 0. The molecule has 3 nitrogen and oxygen atoms in total. The normalized spacial score (nSPS) is 29.2. The second-order valence-corrected chi connectivity index (χ2v) is 7.24. The summed E-state index contributed by atoms with van der Waals surface area (Å²) < 4.78 is 5.84. The molecule has 4 rings (SSSR count). The van der Waals surface area contributed by atoms with E-state index in [0.717, 1.165) is 30.4 Å². The summed E-state index contributed by atoms with van der Waals surface area (Å²) in [6, 6.07) is 6.65. The van der Waals surface area contributed by atoms with Gasteiger partial charge in [-0.25, -0.2) is 0 Å². The van der Waals surface area contributed by atoms with Crippen molar-refractivity contribution < 1.29 is 9.53 Å². The minimum Gasteiger partial charge on any atom is -0.483 e. The van der Waals surface area contributed by atoms with Crippen LogP contribution in [0, 0.1) is 11.8 Å². The van der Waals surface area contributed by atoms with E-state index in [2.05, 4.69) is 11.4 Å². The van der Waals surface area contributed by atoms with Gasteiger partial charge in [0.2, 0.25) is 0 Å². The van der Waals surface area contributed by atoms with Crippen LogP contribution >= 0.6 is 0 Å². The fourth-order valence-electron chi connectivity index (χ4n) is 4.69. The van der Waals surface area contributed by atoms with Gasteiger partial charge in [-0.2, -0.15) is 0 Å². The van der Waals surface area contributed by atoms with Crippen LogP contribution < -0.4 is 10.1 Å². The maximum absolute atomic E-state index is 12.2. The van der Waals surface area contributed by atoms with Crippen molar-refractivity contribution in [2.75, 3.05) is 6.61 Å². The molecule has 0 saturated heterocycles. The van der Waals surface area contributed by atoms with Crippen LogP contribution in [0.4, 0.5) is 0 Å². The first-order valence-electron chi connectivity index (χ1n) is 8.82. The smallest absolute Gasteiger partial charge is 0.258 e. The second kappa shape index (κ2) is 5.94. The molecule has 0 unspecified atom stereocenters. The predicted molar refractivity (Wildman–Crippen MR) is 86.0 cm³/mol. The van der Waals surface area contributed by atoms with Crippen LogP contribution in [0.2, 0.25) is 0 Å². The molecule has 1 amide bonds. The quantitative estimate of drug-likeness (QED) is 0.927. The topological polar surface area (TPSA) is 38.3 Å². The Morgan fingerprint density at radius 3 is 2.91 bits per heavy atom. The summed E-state index contributed by atoms with van der Waals surface area (Å²) in [6.45, 7) is 0.157. The lowest BCUT2D eigenvalue weighted by molar-refractivity contribution is -0.124. The highest BCUT2D eigenvalue weighted by atomic mass is 16.5. The molecule has 3 heteroatoms. The highest BCUT2D eigenvalue weighted by molar-refractivity contribution is 5.78. The molecule has 1 aromatic rings. The van der Waals surface area contributed by atoms with E-state index in [1.165, 1.54) is 49.7 Å². The average Bonchev–Trinajstić information content (AvgIpc) is 3.15. The van der Waals surface area contributed by atoms with Crippen molar-refractivity contribution in [1.82, 2.24) is 5.32 Å². The van der Waals surface area contributed by atoms with Gasteiger partial charge < -0.3 is 10.1 Å². The van der Waals surface area contributed by atoms with E-state index in [0.29, 0.717) is 6.04 Å². The molecule has 0 radical (unpaired) electrons. The van der Waals surface area contributed by atoms with Gasteiger partial charge in [-0.3, -0.25) is 4.79 Å². The zero-order chi connectivity index (χ0) is 14.9. The van der Waals surface area contributed by atoms with Gasteiger partial charge >= 0.3 is 0 Å². The standard InChI is InChI=1S/C19H25NO2/c21-19(20-17-11-13-8-9-15(17)10-13)12-22-18-7-3-5-14-4-1-2-6-16(14)18/h3,5,7,13,15,17H,1-2,4,6,8-12H2,(H,20,21)/t13-,15-,17-/m1/s1. The predicted octanol–water partition coefficient (Wildman–Crippen LogP) is 3.25. The van der Waals surface area contributed by atoms with Gasteiger partial charge in [-0.05, 0) is 74.0 Å². The maximum Gasteiger partial charge on any atom is 0.258 e. The van der Waals surface area contributed by atoms with E-state index < -0.39 is 0 Å². The Balaban J connectivity index is 1.34. The van der Waals surface area contributed by atoms with Gasteiger partial charge in [-0.15, -0.1) is 0 Å². The number of rotatable bonds is 4. The fourth-order valence-corrected chi connectivity index (χ4v) is 4.69. The van der Waals surface area contributed by atoms with Crippen LogP contribution in [0.5, 0.6) is 5.75 Å². The maximum atomic E-state index is 12.2. The van der Waals surface area contributed by atoms with Gasteiger partial charge in [0.25, 0.3) is 5.91 Å². The number of ether oxygens (including phenoxy) is 1. The minimum atomic E-state index is 0.0472. The van der Waals surface area contributed by atoms with Crippen LogP contribution in [-0.4, -0.2) is 18.6 Å². The average molecular weight is 299 g/mol. The van der Waals surface area contributed by atoms with E-state index in [4.69, 9.17) is 4.74 Å². The fraction of sp³-hybridized carbons (Fsp3) is 0.632. The molecule has 1 N–H and O–H groups in total. The van der Waals surface area contributed by atoms with Crippen molar-refractivity contribution in [2.45, 2.75) is 57.4 Å². The minimum absolute atomic E-state index is 0.0472. The number of hydrogen-bond donors (Lipinski definition) is 1. The molecule has 0 heterocycles. The number of benzene rings is 1. The first-order valence-corrected chi connectivity index (χ1v) is 8.82. The van der Waals surface area contributed by atoms with Crippen molar-refractivity contribution >= 4 is 5.91 Å². The number of fused-ring (bicyclic) bond motifs is 3. The van der Waals surface area contributed by atoms with E-state index in [1.807, 2.05) is 12.1 Å². The first kappa shape index (κ1) is 14.1. The summed E-state index contributed by atoms with van der Waals surface area (Å²) in [4.78, 5) is 12.2. The molecule has 3 aliphatic rings. The highest BCUT2D eigenvalue weighted by Gasteiger charge is 2.40. The zero-order valence-corrected chi connectivity index (χ0v) is 13.1. The number of aryl methyl sites for hydroxylation is 1. The van der Waals surface area contributed by atoms with E-state index >= 15 is 0 Å². The van der Waals surface area contributed by atoms with Gasteiger partial charge in [0.15, 0.2) is 6.61 Å². The number of carbonyl (C=O) groups is 1. The molecule has 118 valence electrons. The molecule has 0 aromatic heterocycles. The lowest BCUT2D eigenvalue weighted by Crippen LogP contribution is -2.41. The van der Waals surface area contributed by atoms with Crippen molar-refractivity contribution in [3.8, 4) is 5.75 Å². The second-order valence-electron chi connectivity index (χ2n) is 7.24. The summed E-state index contributed by atoms with van der Waals surface area (Å²) in [5.74, 6) is 2.54. The van der Waals surface area contributed by atoms with Gasteiger partial charge in [0, 0.05) is 6.04 Å². The molecule has 2 bridgehead atoms.